The highest BCUT2D eigenvalue weighted by Gasteiger charge is 2.26. The van der Waals surface area contributed by atoms with Gasteiger partial charge in [-0.2, -0.15) is 0 Å². The van der Waals surface area contributed by atoms with Gasteiger partial charge in [0, 0.05) is 17.8 Å². The van der Waals surface area contributed by atoms with Gasteiger partial charge in [0.05, 0.1) is 11.8 Å². The minimum Gasteiger partial charge on any atom is -0.342 e. The van der Waals surface area contributed by atoms with Crippen LogP contribution in [-0.4, -0.2) is 32.3 Å². The van der Waals surface area contributed by atoms with Gasteiger partial charge in [-0.1, -0.05) is 56.0 Å². The van der Waals surface area contributed by atoms with E-state index in [9.17, 15) is 14.0 Å². The number of halogens is 1. The van der Waals surface area contributed by atoms with Gasteiger partial charge >= 0.3 is 0 Å². The van der Waals surface area contributed by atoms with Crippen molar-refractivity contribution in [3.63, 3.8) is 0 Å². The van der Waals surface area contributed by atoms with Crippen molar-refractivity contribution in [2.45, 2.75) is 31.6 Å². The lowest BCUT2D eigenvalue weighted by atomic mass is 10.0. The number of amides is 2. The molecule has 0 aliphatic carbocycles. The van der Waals surface area contributed by atoms with Crippen LogP contribution >= 0.6 is 11.8 Å². The number of hydrogen-bond donors (Lipinski definition) is 2. The second kappa shape index (κ2) is 11.4. The highest BCUT2D eigenvalue weighted by Crippen LogP contribution is 2.26. The van der Waals surface area contributed by atoms with Crippen LogP contribution in [0.4, 0.5) is 10.1 Å². The van der Waals surface area contributed by atoms with E-state index in [2.05, 4.69) is 27.4 Å². The highest BCUT2D eigenvalue weighted by molar-refractivity contribution is 7.99. The standard InChI is InChI=1S/C24H26FN5O2S/c1-4-13-30-22(21(16(2)3)27-23(32)17-9-6-5-7-10-17)28-29-24(30)33-15-20(31)26-19-12-8-11-18(25)14-19/h4-12,14,16,21H,1,13,15H2,2-3H3,(H,26,31)(H,27,32). The first-order chi connectivity index (χ1) is 15.9. The Morgan fingerprint density at radius 1 is 1.15 bits per heavy atom. The predicted octanol–water partition coefficient (Wildman–Crippen LogP) is 4.46. The van der Waals surface area contributed by atoms with Crippen molar-refractivity contribution >= 4 is 29.3 Å². The van der Waals surface area contributed by atoms with Crippen LogP contribution in [0.1, 0.15) is 36.1 Å². The monoisotopic (exact) mass is 467 g/mol. The first-order valence-corrected chi connectivity index (χ1v) is 11.5. The molecule has 2 aromatic carbocycles. The molecule has 2 N–H and O–H groups in total. The SMILES string of the molecule is C=CCn1c(SCC(=O)Nc2cccc(F)c2)nnc1C(NC(=O)c1ccccc1)C(C)C. The molecule has 0 bridgehead atoms. The zero-order valence-electron chi connectivity index (χ0n) is 18.5. The molecule has 1 atom stereocenters. The molecular formula is C24H26FN5O2S. The fourth-order valence-corrected chi connectivity index (χ4v) is 3.93. The molecule has 1 heterocycles. The van der Waals surface area contributed by atoms with Crippen LogP contribution in [0.2, 0.25) is 0 Å². The molecule has 1 unspecified atom stereocenters. The Labute approximate surface area is 196 Å². The van der Waals surface area contributed by atoms with Crippen molar-refractivity contribution in [1.29, 1.82) is 0 Å². The smallest absolute Gasteiger partial charge is 0.251 e. The van der Waals surface area contributed by atoms with Gasteiger partial charge < -0.3 is 15.2 Å². The summed E-state index contributed by atoms with van der Waals surface area (Å²) in [6.45, 7) is 8.20. The van der Waals surface area contributed by atoms with Gasteiger partial charge in [0.15, 0.2) is 11.0 Å². The van der Waals surface area contributed by atoms with Crippen LogP contribution in [0.15, 0.2) is 72.4 Å². The van der Waals surface area contributed by atoms with Crippen LogP contribution in [0.5, 0.6) is 0 Å². The molecule has 0 spiro atoms. The molecule has 0 aliphatic heterocycles. The first kappa shape index (κ1) is 24.2. The van der Waals surface area contributed by atoms with E-state index in [1.807, 2.05) is 36.6 Å². The van der Waals surface area contributed by atoms with Crippen molar-refractivity contribution < 1.29 is 14.0 Å². The van der Waals surface area contributed by atoms with Crippen LogP contribution in [0.3, 0.4) is 0 Å². The molecule has 0 saturated heterocycles. The van der Waals surface area contributed by atoms with Crippen molar-refractivity contribution in [1.82, 2.24) is 20.1 Å². The predicted molar refractivity (Wildman–Crippen MR) is 127 cm³/mol. The van der Waals surface area contributed by atoms with Gasteiger partial charge in [-0.15, -0.1) is 16.8 Å². The van der Waals surface area contributed by atoms with Gasteiger partial charge in [0.1, 0.15) is 5.82 Å². The summed E-state index contributed by atoms with van der Waals surface area (Å²) in [5, 5.41) is 14.8. The zero-order chi connectivity index (χ0) is 23.8. The van der Waals surface area contributed by atoms with Crippen molar-refractivity contribution in [3.05, 3.63) is 84.5 Å². The number of anilines is 1. The van der Waals surface area contributed by atoms with E-state index in [-0.39, 0.29) is 29.5 Å². The summed E-state index contributed by atoms with van der Waals surface area (Å²) >= 11 is 1.21. The Morgan fingerprint density at radius 3 is 2.58 bits per heavy atom. The lowest BCUT2D eigenvalue weighted by Gasteiger charge is -2.22. The zero-order valence-corrected chi connectivity index (χ0v) is 19.3. The van der Waals surface area contributed by atoms with Crippen molar-refractivity contribution in [2.75, 3.05) is 11.1 Å². The third kappa shape index (κ3) is 6.52. The third-order valence-electron chi connectivity index (χ3n) is 4.77. The van der Waals surface area contributed by atoms with E-state index >= 15 is 0 Å². The number of rotatable bonds is 10. The summed E-state index contributed by atoms with van der Waals surface area (Å²) in [4.78, 5) is 25.1. The Hall–Kier alpha value is -3.46. The first-order valence-electron chi connectivity index (χ1n) is 10.5. The minimum atomic E-state index is -0.423. The van der Waals surface area contributed by atoms with Gasteiger partial charge in [0.25, 0.3) is 5.91 Å². The maximum absolute atomic E-state index is 13.3. The average molecular weight is 468 g/mol. The van der Waals surface area contributed by atoms with E-state index in [1.54, 1.807) is 24.3 Å². The van der Waals surface area contributed by atoms with E-state index in [0.29, 0.717) is 28.8 Å². The Balaban J connectivity index is 1.74. The van der Waals surface area contributed by atoms with E-state index < -0.39 is 5.82 Å². The van der Waals surface area contributed by atoms with E-state index in [0.717, 1.165) is 0 Å². The van der Waals surface area contributed by atoms with Crippen molar-refractivity contribution in [3.8, 4) is 0 Å². The molecular weight excluding hydrogens is 441 g/mol. The largest absolute Gasteiger partial charge is 0.342 e. The number of carbonyl (C=O) groups excluding carboxylic acids is 2. The second-order valence-electron chi connectivity index (χ2n) is 7.65. The molecule has 1 aromatic heterocycles. The lowest BCUT2D eigenvalue weighted by Crippen LogP contribution is -2.33. The van der Waals surface area contributed by atoms with E-state index in [1.165, 1.54) is 30.0 Å². The summed E-state index contributed by atoms with van der Waals surface area (Å²) in [6.07, 6.45) is 1.71. The number of carbonyl (C=O) groups is 2. The summed E-state index contributed by atoms with van der Waals surface area (Å²) in [6, 6.07) is 14.3. The fraction of sp³-hybridized carbons (Fsp3) is 0.250. The molecule has 7 nitrogen and oxygen atoms in total. The molecule has 9 heteroatoms. The molecule has 33 heavy (non-hydrogen) atoms. The summed E-state index contributed by atoms with van der Waals surface area (Å²) in [5.74, 6) is -0.229. The molecule has 0 saturated carbocycles. The highest BCUT2D eigenvalue weighted by atomic mass is 32.2. The van der Waals surface area contributed by atoms with E-state index in [4.69, 9.17) is 0 Å². The number of nitrogens with zero attached hydrogens (tertiary/aromatic N) is 3. The van der Waals surface area contributed by atoms with Gasteiger partial charge in [0.2, 0.25) is 5.91 Å². The summed E-state index contributed by atoms with van der Waals surface area (Å²) in [5.41, 5.74) is 0.943. The Bertz CT molecular complexity index is 1120. The van der Waals surface area contributed by atoms with Crippen LogP contribution in [-0.2, 0) is 11.3 Å². The second-order valence-corrected chi connectivity index (χ2v) is 8.59. The number of aromatic nitrogens is 3. The Morgan fingerprint density at radius 2 is 1.91 bits per heavy atom. The molecule has 0 radical (unpaired) electrons. The maximum Gasteiger partial charge on any atom is 0.251 e. The normalized spacial score (nSPS) is 11.8. The van der Waals surface area contributed by atoms with Gasteiger partial charge in [-0.3, -0.25) is 9.59 Å². The topological polar surface area (TPSA) is 88.9 Å². The lowest BCUT2D eigenvalue weighted by molar-refractivity contribution is -0.113. The Kier molecular flexibility index (Phi) is 8.37. The summed E-state index contributed by atoms with van der Waals surface area (Å²) < 4.78 is 15.2. The molecule has 172 valence electrons. The van der Waals surface area contributed by atoms with Crippen LogP contribution in [0.25, 0.3) is 0 Å². The maximum atomic E-state index is 13.3. The van der Waals surface area contributed by atoms with Gasteiger partial charge in [-0.05, 0) is 36.2 Å². The van der Waals surface area contributed by atoms with Crippen molar-refractivity contribution in [2.24, 2.45) is 5.92 Å². The quantitative estimate of drug-likeness (QED) is 0.339. The number of benzene rings is 2. The molecule has 3 rings (SSSR count). The fourth-order valence-electron chi connectivity index (χ4n) is 3.17. The number of thioether (sulfide) groups is 1. The molecule has 3 aromatic rings. The minimum absolute atomic E-state index is 0.0413. The molecule has 0 fully saturated rings. The molecule has 0 aliphatic rings. The number of hydrogen-bond acceptors (Lipinski definition) is 5. The average Bonchev–Trinajstić information content (AvgIpc) is 3.18. The van der Waals surface area contributed by atoms with Gasteiger partial charge in [-0.25, -0.2) is 4.39 Å². The van der Waals surface area contributed by atoms with Crippen LogP contribution < -0.4 is 10.6 Å². The third-order valence-corrected chi connectivity index (χ3v) is 5.73. The molecule has 2 amide bonds. The summed E-state index contributed by atoms with van der Waals surface area (Å²) in [7, 11) is 0. The number of allylic oxidation sites excluding steroid dienone is 1. The van der Waals surface area contributed by atoms with Crippen LogP contribution in [0, 0.1) is 11.7 Å². The number of nitrogens with one attached hydrogen (secondary N) is 2.